The fourth-order valence-corrected chi connectivity index (χ4v) is 2.76. The number of aromatic nitrogens is 2. The van der Waals surface area contributed by atoms with E-state index in [4.69, 9.17) is 0 Å². The van der Waals surface area contributed by atoms with Crippen LogP contribution >= 0.6 is 0 Å². The molecule has 0 bridgehead atoms. The van der Waals surface area contributed by atoms with Crippen LogP contribution in [0.25, 0.3) is 0 Å². The zero-order chi connectivity index (χ0) is 15.6. The van der Waals surface area contributed by atoms with Crippen molar-refractivity contribution < 1.29 is 9.90 Å². The van der Waals surface area contributed by atoms with Crippen molar-refractivity contribution in [3.8, 4) is 0 Å². The number of aliphatic hydroxyl groups is 1. The van der Waals surface area contributed by atoms with Crippen LogP contribution < -0.4 is 10.6 Å². The monoisotopic (exact) mass is 298 g/mol. The van der Waals surface area contributed by atoms with Crippen LogP contribution in [-0.4, -0.2) is 34.8 Å². The quantitative estimate of drug-likeness (QED) is 0.786. The van der Waals surface area contributed by atoms with Crippen LogP contribution in [0.2, 0.25) is 0 Å². The summed E-state index contributed by atoms with van der Waals surface area (Å²) < 4.78 is 0. The third kappa shape index (κ3) is 2.65. The molecule has 1 amide bonds. The van der Waals surface area contributed by atoms with Gasteiger partial charge in [-0.25, -0.2) is 0 Å². The Hall–Kier alpha value is -2.47. The number of hydrogen-bond donors (Lipinski definition) is 3. The van der Waals surface area contributed by atoms with Crippen molar-refractivity contribution in [1.82, 2.24) is 15.5 Å². The van der Waals surface area contributed by atoms with Crippen molar-refractivity contribution in [2.75, 3.05) is 18.9 Å². The van der Waals surface area contributed by atoms with Gasteiger partial charge in [0.2, 0.25) is 0 Å². The van der Waals surface area contributed by atoms with Crippen molar-refractivity contribution in [3.63, 3.8) is 0 Å². The zero-order valence-corrected chi connectivity index (χ0v) is 12.3. The van der Waals surface area contributed by atoms with Gasteiger partial charge in [-0.1, -0.05) is 24.3 Å². The number of nitrogens with one attached hydrogen (secondary N) is 2. The standard InChI is InChI=1S/C16H18N4O2/c1-17-15(21)13-6-7-14(20-19-13)18-10-16(22)9-8-11-4-2-3-5-12(11)16/h2-7,22H,8-10H2,1H3,(H,17,21)(H,18,20). The second-order valence-electron chi connectivity index (χ2n) is 5.43. The van der Waals surface area contributed by atoms with Gasteiger partial charge in [-0.05, 0) is 36.1 Å². The average molecular weight is 298 g/mol. The number of amides is 1. The minimum absolute atomic E-state index is 0.262. The van der Waals surface area contributed by atoms with Gasteiger partial charge in [0.25, 0.3) is 5.91 Å². The molecule has 1 heterocycles. The van der Waals surface area contributed by atoms with Crippen molar-refractivity contribution in [1.29, 1.82) is 0 Å². The van der Waals surface area contributed by atoms with Gasteiger partial charge in [0.05, 0.1) is 0 Å². The lowest BCUT2D eigenvalue weighted by molar-refractivity contribution is 0.0525. The summed E-state index contributed by atoms with van der Waals surface area (Å²) in [4.78, 5) is 11.4. The van der Waals surface area contributed by atoms with Gasteiger partial charge in [0, 0.05) is 13.6 Å². The summed E-state index contributed by atoms with van der Waals surface area (Å²) in [6.45, 7) is 0.359. The second-order valence-corrected chi connectivity index (χ2v) is 5.43. The number of aryl methyl sites for hydroxylation is 1. The van der Waals surface area contributed by atoms with Crippen molar-refractivity contribution >= 4 is 11.7 Å². The third-order valence-electron chi connectivity index (χ3n) is 4.01. The van der Waals surface area contributed by atoms with Gasteiger partial charge < -0.3 is 15.7 Å². The van der Waals surface area contributed by atoms with E-state index in [-0.39, 0.29) is 11.6 Å². The number of anilines is 1. The van der Waals surface area contributed by atoms with Gasteiger partial charge in [-0.2, -0.15) is 0 Å². The summed E-state index contributed by atoms with van der Waals surface area (Å²) in [6, 6.07) is 11.2. The number of fused-ring (bicyclic) bond motifs is 1. The summed E-state index contributed by atoms with van der Waals surface area (Å²) in [6.07, 6.45) is 1.55. The first kappa shape index (κ1) is 14.5. The fourth-order valence-electron chi connectivity index (χ4n) is 2.76. The fraction of sp³-hybridized carbons (Fsp3) is 0.312. The lowest BCUT2D eigenvalue weighted by Gasteiger charge is -2.24. The Morgan fingerprint density at radius 1 is 1.27 bits per heavy atom. The van der Waals surface area contributed by atoms with Crippen molar-refractivity contribution in [3.05, 3.63) is 53.2 Å². The summed E-state index contributed by atoms with van der Waals surface area (Å²) in [5, 5.41) is 24.2. The van der Waals surface area contributed by atoms with Gasteiger partial charge in [0.1, 0.15) is 11.4 Å². The molecule has 2 aromatic rings. The lowest BCUT2D eigenvalue weighted by atomic mass is 9.96. The van der Waals surface area contributed by atoms with Gasteiger partial charge in [-0.15, -0.1) is 10.2 Å². The molecule has 1 unspecified atom stereocenters. The first-order valence-electron chi connectivity index (χ1n) is 7.23. The summed E-state index contributed by atoms with van der Waals surface area (Å²) >= 11 is 0. The number of rotatable bonds is 4. The van der Waals surface area contributed by atoms with Crippen LogP contribution in [-0.2, 0) is 12.0 Å². The topological polar surface area (TPSA) is 87.1 Å². The Labute approximate surface area is 128 Å². The van der Waals surface area contributed by atoms with Crippen LogP contribution in [0.15, 0.2) is 36.4 Å². The van der Waals surface area contributed by atoms with Gasteiger partial charge in [-0.3, -0.25) is 4.79 Å². The van der Waals surface area contributed by atoms with Crippen molar-refractivity contribution in [2.45, 2.75) is 18.4 Å². The first-order chi connectivity index (χ1) is 10.6. The molecule has 22 heavy (non-hydrogen) atoms. The molecule has 3 N–H and O–H groups in total. The SMILES string of the molecule is CNC(=O)c1ccc(NCC2(O)CCc3ccccc32)nn1. The number of carbonyl (C=O) groups excluding carboxylic acids is 1. The Kier molecular flexibility index (Phi) is 3.77. The molecule has 1 aliphatic rings. The average Bonchev–Trinajstić information content (AvgIpc) is 2.91. The van der Waals surface area contributed by atoms with E-state index in [0.717, 1.165) is 12.0 Å². The normalized spacial score (nSPS) is 19.5. The van der Waals surface area contributed by atoms with E-state index in [0.29, 0.717) is 18.8 Å². The molecular formula is C16H18N4O2. The molecule has 114 valence electrons. The molecule has 0 fully saturated rings. The Morgan fingerprint density at radius 2 is 2.09 bits per heavy atom. The predicted molar refractivity (Wildman–Crippen MR) is 82.6 cm³/mol. The maximum absolute atomic E-state index is 11.4. The molecule has 0 saturated heterocycles. The maximum atomic E-state index is 11.4. The number of benzene rings is 1. The molecule has 1 aromatic carbocycles. The van der Waals surface area contributed by atoms with E-state index >= 15 is 0 Å². The zero-order valence-electron chi connectivity index (χ0n) is 12.3. The molecule has 1 aromatic heterocycles. The molecule has 0 aliphatic heterocycles. The van der Waals surface area contributed by atoms with Crippen molar-refractivity contribution in [2.24, 2.45) is 0 Å². The van der Waals surface area contributed by atoms with E-state index < -0.39 is 5.60 Å². The van der Waals surface area contributed by atoms with E-state index in [1.165, 1.54) is 5.56 Å². The molecule has 0 radical (unpaired) electrons. The van der Waals surface area contributed by atoms with E-state index in [1.807, 2.05) is 24.3 Å². The maximum Gasteiger partial charge on any atom is 0.271 e. The number of hydrogen-bond acceptors (Lipinski definition) is 5. The largest absolute Gasteiger partial charge is 0.383 e. The third-order valence-corrected chi connectivity index (χ3v) is 4.01. The predicted octanol–water partition coefficient (Wildman–Crippen LogP) is 1.08. The molecule has 6 heteroatoms. The van der Waals surface area contributed by atoms with E-state index in [1.54, 1.807) is 19.2 Å². The summed E-state index contributed by atoms with van der Waals surface area (Å²) in [5.74, 6) is 0.257. The van der Waals surface area contributed by atoms with Crippen LogP contribution in [0.1, 0.15) is 28.0 Å². The van der Waals surface area contributed by atoms with E-state index in [9.17, 15) is 9.90 Å². The molecule has 6 nitrogen and oxygen atoms in total. The van der Waals surface area contributed by atoms with Gasteiger partial charge in [0.15, 0.2) is 5.69 Å². The van der Waals surface area contributed by atoms with Crippen LogP contribution in [0, 0.1) is 0 Å². The minimum Gasteiger partial charge on any atom is -0.383 e. The van der Waals surface area contributed by atoms with Gasteiger partial charge >= 0.3 is 0 Å². The van der Waals surface area contributed by atoms with Crippen LogP contribution in [0.3, 0.4) is 0 Å². The Morgan fingerprint density at radius 3 is 2.82 bits per heavy atom. The molecule has 0 spiro atoms. The Bertz CT molecular complexity index is 687. The number of carbonyl (C=O) groups is 1. The molecular weight excluding hydrogens is 280 g/mol. The summed E-state index contributed by atoms with van der Waals surface area (Å²) in [5.41, 5.74) is 1.53. The highest BCUT2D eigenvalue weighted by molar-refractivity contribution is 5.91. The Balaban J connectivity index is 1.69. The van der Waals surface area contributed by atoms with Crippen LogP contribution in [0.5, 0.6) is 0 Å². The highest BCUT2D eigenvalue weighted by atomic mass is 16.3. The summed E-state index contributed by atoms with van der Waals surface area (Å²) in [7, 11) is 1.54. The minimum atomic E-state index is -0.891. The molecule has 3 rings (SSSR count). The molecule has 0 saturated carbocycles. The van der Waals surface area contributed by atoms with E-state index in [2.05, 4.69) is 20.8 Å². The highest BCUT2D eigenvalue weighted by Gasteiger charge is 2.36. The smallest absolute Gasteiger partial charge is 0.271 e. The first-order valence-corrected chi connectivity index (χ1v) is 7.23. The van der Waals surface area contributed by atoms with Crippen LogP contribution in [0.4, 0.5) is 5.82 Å². The lowest BCUT2D eigenvalue weighted by Crippen LogP contribution is -2.32. The number of nitrogens with zero attached hydrogens (tertiary/aromatic N) is 2. The second kappa shape index (κ2) is 5.73. The molecule has 1 aliphatic carbocycles. The highest BCUT2D eigenvalue weighted by Crippen LogP contribution is 2.36. The molecule has 1 atom stereocenters.